The molecule has 7 heteroatoms. The predicted molar refractivity (Wildman–Crippen MR) is 152 cm³/mol. The molecule has 4 nitrogen and oxygen atoms in total. The maximum Gasteiger partial charge on any atom is 0.238 e. The number of halogens is 2. The Morgan fingerprint density at radius 1 is 0.676 bits per heavy atom. The lowest BCUT2D eigenvalue weighted by atomic mass is 9.87. The number of hydrogen-bond acceptors (Lipinski definition) is 3. The topological polar surface area (TPSA) is 52.0 Å². The smallest absolute Gasteiger partial charge is 0.238 e. The standard InChI is InChI=1S/C30H19Cl2N2O2P/c31-25(20-10-3-1-4-11-20)18-37(36,19-26(32)21-12-5-2-6-13-21)34-27-17-9-16-24-28(27)29(33-34)22-14-7-8-15-23(22)30(24)35/h1-19H/b25-18-,26-19-. The van der Waals surface area contributed by atoms with E-state index in [1.807, 2.05) is 84.9 Å². The minimum Gasteiger partial charge on any atom is -0.289 e. The Labute approximate surface area is 223 Å². The molecule has 4 aromatic carbocycles. The van der Waals surface area contributed by atoms with E-state index >= 15 is 0 Å². The fourth-order valence-electron chi connectivity index (χ4n) is 4.62. The van der Waals surface area contributed by atoms with Crippen molar-refractivity contribution in [3.8, 4) is 11.3 Å². The predicted octanol–water partition coefficient (Wildman–Crippen LogP) is 8.85. The third-order valence-electron chi connectivity index (χ3n) is 6.35. The summed E-state index contributed by atoms with van der Waals surface area (Å²) >= 11 is 13.5. The zero-order chi connectivity index (χ0) is 25.6. The zero-order valence-corrected chi connectivity index (χ0v) is 21.8. The van der Waals surface area contributed by atoms with E-state index in [-0.39, 0.29) is 5.78 Å². The van der Waals surface area contributed by atoms with Gasteiger partial charge in [0.05, 0.1) is 15.6 Å². The second-order valence-corrected chi connectivity index (χ2v) is 11.7. The molecule has 0 spiro atoms. The third kappa shape index (κ3) is 4.08. The van der Waals surface area contributed by atoms with Crippen LogP contribution in [-0.4, -0.2) is 15.3 Å². The van der Waals surface area contributed by atoms with E-state index in [1.165, 1.54) is 16.1 Å². The number of carbonyl (C=O) groups is 1. The molecule has 1 heterocycles. The van der Waals surface area contributed by atoms with Crippen molar-refractivity contribution in [2.24, 2.45) is 0 Å². The van der Waals surface area contributed by atoms with Crippen LogP contribution in [0.4, 0.5) is 0 Å². The first-order valence-corrected chi connectivity index (χ1v) is 14.2. The highest BCUT2D eigenvalue weighted by Crippen LogP contribution is 2.57. The highest BCUT2D eigenvalue weighted by Gasteiger charge is 2.33. The van der Waals surface area contributed by atoms with Crippen LogP contribution in [0, 0.1) is 0 Å². The molecule has 1 aromatic heterocycles. The molecular formula is C30H19Cl2N2O2P. The summed E-state index contributed by atoms with van der Waals surface area (Å²) in [5.74, 6) is 2.95. The number of benzene rings is 4. The summed E-state index contributed by atoms with van der Waals surface area (Å²) < 4.78 is 16.4. The van der Waals surface area contributed by atoms with E-state index in [1.54, 1.807) is 18.2 Å². The van der Waals surface area contributed by atoms with Gasteiger partial charge in [0.15, 0.2) is 5.78 Å². The van der Waals surface area contributed by atoms with Gasteiger partial charge in [-0.3, -0.25) is 9.36 Å². The number of rotatable bonds is 5. The molecule has 0 saturated carbocycles. The molecule has 0 saturated heterocycles. The number of ketones is 1. The first-order chi connectivity index (χ1) is 18.0. The Morgan fingerprint density at radius 3 is 1.78 bits per heavy atom. The van der Waals surface area contributed by atoms with Crippen molar-refractivity contribution < 1.29 is 9.36 Å². The Balaban J connectivity index is 1.64. The summed E-state index contributed by atoms with van der Waals surface area (Å²) in [7, 11) is -3.67. The number of aromatic nitrogens is 2. The highest BCUT2D eigenvalue weighted by molar-refractivity contribution is 7.69. The van der Waals surface area contributed by atoms with Gasteiger partial charge in [-0.1, -0.05) is 120 Å². The van der Waals surface area contributed by atoms with Crippen molar-refractivity contribution in [1.82, 2.24) is 9.55 Å². The SMILES string of the molecule is O=C1c2ccccc2-c2nn(P(=O)(/C=C(\Cl)c3ccccc3)/C=C(\Cl)c3ccccc3)c3cccc1c23. The molecule has 0 atom stereocenters. The molecule has 1 aliphatic rings. The average Bonchev–Trinajstić information content (AvgIpc) is 3.34. The minimum absolute atomic E-state index is 0.0844. The summed E-state index contributed by atoms with van der Waals surface area (Å²) in [6, 6.07) is 31.3. The summed E-state index contributed by atoms with van der Waals surface area (Å²) in [6.07, 6.45) is 0. The summed E-state index contributed by atoms with van der Waals surface area (Å²) in [4.78, 5) is 13.3. The highest BCUT2D eigenvalue weighted by atomic mass is 35.5. The van der Waals surface area contributed by atoms with E-state index in [0.717, 1.165) is 11.1 Å². The van der Waals surface area contributed by atoms with Crippen LogP contribution in [0.1, 0.15) is 27.0 Å². The third-order valence-corrected chi connectivity index (χ3v) is 9.47. The number of hydrogen-bond donors (Lipinski definition) is 0. The molecule has 1 aliphatic carbocycles. The van der Waals surface area contributed by atoms with Crippen LogP contribution < -0.4 is 0 Å². The van der Waals surface area contributed by atoms with Crippen molar-refractivity contribution in [2.75, 3.05) is 0 Å². The fourth-order valence-corrected chi connectivity index (χ4v) is 7.68. The largest absolute Gasteiger partial charge is 0.289 e. The monoisotopic (exact) mass is 540 g/mol. The number of nitrogens with zero attached hydrogens (tertiary/aromatic N) is 2. The minimum atomic E-state index is -3.67. The Hall–Kier alpha value is -3.69. The summed E-state index contributed by atoms with van der Waals surface area (Å²) in [5.41, 5.74) is 4.42. The van der Waals surface area contributed by atoms with Crippen molar-refractivity contribution in [1.29, 1.82) is 0 Å². The fraction of sp³-hybridized carbons (Fsp3) is 0. The summed E-state index contributed by atoms with van der Waals surface area (Å²) in [6.45, 7) is 0. The molecule has 0 N–H and O–H groups in total. The van der Waals surface area contributed by atoms with Crippen LogP contribution in [0.3, 0.4) is 0 Å². The second kappa shape index (κ2) is 9.32. The molecule has 5 aromatic rings. The maximum atomic E-state index is 14.9. The van der Waals surface area contributed by atoms with Crippen LogP contribution in [0.2, 0.25) is 0 Å². The van der Waals surface area contributed by atoms with Gasteiger partial charge in [0.2, 0.25) is 7.29 Å². The maximum absolute atomic E-state index is 14.9. The van der Waals surface area contributed by atoms with Crippen molar-refractivity contribution in [2.45, 2.75) is 0 Å². The first kappa shape index (κ1) is 23.7. The molecular weight excluding hydrogens is 522 g/mol. The van der Waals surface area contributed by atoms with Gasteiger partial charge in [0.25, 0.3) is 0 Å². The zero-order valence-electron chi connectivity index (χ0n) is 19.4. The van der Waals surface area contributed by atoms with Crippen molar-refractivity contribution in [3.63, 3.8) is 0 Å². The lowest BCUT2D eigenvalue weighted by Crippen LogP contribution is -2.08. The lowest BCUT2D eigenvalue weighted by molar-refractivity contribution is 0.104. The molecule has 37 heavy (non-hydrogen) atoms. The van der Waals surface area contributed by atoms with Gasteiger partial charge in [-0.2, -0.15) is 5.10 Å². The van der Waals surface area contributed by atoms with Gasteiger partial charge in [-0.05, 0) is 17.2 Å². The van der Waals surface area contributed by atoms with Crippen LogP contribution in [0.5, 0.6) is 0 Å². The lowest BCUT2D eigenvalue weighted by Gasteiger charge is -2.15. The van der Waals surface area contributed by atoms with Crippen LogP contribution in [0.15, 0.2) is 115 Å². The summed E-state index contributed by atoms with van der Waals surface area (Å²) in [5, 5.41) is 6.14. The van der Waals surface area contributed by atoms with Crippen LogP contribution in [-0.2, 0) is 4.57 Å². The second-order valence-electron chi connectivity index (χ2n) is 8.67. The molecule has 0 amide bonds. The molecule has 0 bridgehead atoms. The van der Waals surface area contributed by atoms with Crippen LogP contribution in [0.25, 0.3) is 32.2 Å². The van der Waals surface area contributed by atoms with Gasteiger partial charge < -0.3 is 0 Å². The first-order valence-electron chi connectivity index (χ1n) is 11.6. The van der Waals surface area contributed by atoms with Crippen LogP contribution >= 0.6 is 30.5 Å². The van der Waals surface area contributed by atoms with Gasteiger partial charge in [-0.15, -0.1) is 0 Å². The van der Waals surface area contributed by atoms with Gasteiger partial charge in [-0.25, -0.2) is 4.45 Å². The normalized spacial score (nSPS) is 13.6. The van der Waals surface area contributed by atoms with E-state index in [4.69, 9.17) is 28.3 Å². The Bertz CT molecular complexity index is 1730. The average molecular weight is 541 g/mol. The molecule has 6 rings (SSSR count). The van der Waals surface area contributed by atoms with Gasteiger partial charge in [0.1, 0.15) is 5.69 Å². The molecule has 0 fully saturated rings. The number of carbonyl (C=O) groups excluding carboxylic acids is 1. The quantitative estimate of drug-likeness (QED) is 0.205. The van der Waals surface area contributed by atoms with Gasteiger partial charge in [0, 0.05) is 33.7 Å². The molecule has 0 aliphatic heterocycles. The van der Waals surface area contributed by atoms with Crippen molar-refractivity contribution in [3.05, 3.63) is 137 Å². The van der Waals surface area contributed by atoms with E-state index in [9.17, 15) is 9.36 Å². The molecule has 180 valence electrons. The van der Waals surface area contributed by atoms with E-state index < -0.39 is 7.29 Å². The Kier molecular flexibility index (Phi) is 5.97. The molecule has 0 unspecified atom stereocenters. The van der Waals surface area contributed by atoms with E-state index in [0.29, 0.717) is 43.4 Å². The number of fused-ring (bicyclic) bond motifs is 2. The van der Waals surface area contributed by atoms with Gasteiger partial charge >= 0.3 is 0 Å². The Morgan fingerprint density at radius 2 is 1.19 bits per heavy atom. The van der Waals surface area contributed by atoms with Crippen molar-refractivity contribution >= 4 is 57.2 Å². The van der Waals surface area contributed by atoms with E-state index in [2.05, 4.69) is 0 Å². The molecule has 0 radical (unpaired) electrons.